The molecule has 2 aliphatic heterocycles. The molecule has 0 aromatic heterocycles. The zero-order valence-corrected chi connectivity index (χ0v) is 12.0. The fourth-order valence-electron chi connectivity index (χ4n) is 2.43. The number of hydrogen-bond acceptors (Lipinski definition) is 3. The van der Waals surface area contributed by atoms with Crippen LogP contribution in [0.15, 0.2) is 24.3 Å². The second kappa shape index (κ2) is 5.12. The zero-order chi connectivity index (χ0) is 11.7. The van der Waals surface area contributed by atoms with E-state index in [1.54, 1.807) is 0 Å². The predicted molar refractivity (Wildman–Crippen MR) is 77.6 cm³/mol. The van der Waals surface area contributed by atoms with E-state index in [4.69, 9.17) is 4.74 Å². The first-order chi connectivity index (χ1) is 8.33. The van der Waals surface area contributed by atoms with Gasteiger partial charge in [-0.25, -0.2) is 0 Å². The van der Waals surface area contributed by atoms with Gasteiger partial charge in [-0.05, 0) is 46.9 Å². The van der Waals surface area contributed by atoms with E-state index in [9.17, 15) is 0 Å². The predicted octanol–water partition coefficient (Wildman–Crippen LogP) is 1.81. The molecule has 17 heavy (non-hydrogen) atoms. The Labute approximate surface area is 116 Å². The first-order valence-corrected chi connectivity index (χ1v) is 7.23. The number of ether oxygens (including phenoxy) is 1. The van der Waals surface area contributed by atoms with Crippen LogP contribution in [-0.4, -0.2) is 50.3 Å². The van der Waals surface area contributed by atoms with Gasteiger partial charge in [-0.2, -0.15) is 0 Å². The van der Waals surface area contributed by atoms with Crippen LogP contribution in [-0.2, 0) is 4.74 Å². The molecule has 3 rings (SSSR count). The van der Waals surface area contributed by atoms with Crippen LogP contribution in [0, 0.1) is 3.57 Å². The molecular formula is C13H17IN2O. The number of rotatable bonds is 2. The van der Waals surface area contributed by atoms with E-state index in [1.807, 2.05) is 0 Å². The van der Waals surface area contributed by atoms with E-state index >= 15 is 0 Å². The summed E-state index contributed by atoms with van der Waals surface area (Å²) in [4.78, 5) is 5.04. The van der Waals surface area contributed by atoms with Crippen molar-refractivity contribution >= 4 is 28.3 Å². The molecule has 2 saturated heterocycles. The summed E-state index contributed by atoms with van der Waals surface area (Å²) in [6.45, 7) is 6.47. The summed E-state index contributed by atoms with van der Waals surface area (Å²) in [5.41, 5.74) is 1.36. The molecular weight excluding hydrogens is 327 g/mol. The molecule has 1 aromatic rings. The highest BCUT2D eigenvalue weighted by molar-refractivity contribution is 14.1. The molecule has 2 aliphatic rings. The summed E-state index contributed by atoms with van der Waals surface area (Å²) in [5, 5.41) is 0. The number of benzene rings is 1. The second-order valence-electron chi connectivity index (χ2n) is 4.69. The highest BCUT2D eigenvalue weighted by Gasteiger charge is 2.28. The Kier molecular flexibility index (Phi) is 3.54. The van der Waals surface area contributed by atoms with Crippen molar-refractivity contribution in [3.8, 4) is 0 Å². The van der Waals surface area contributed by atoms with E-state index in [0.29, 0.717) is 6.04 Å². The number of nitrogens with zero attached hydrogens (tertiary/aromatic N) is 2. The minimum atomic E-state index is 0.689. The van der Waals surface area contributed by atoms with Crippen molar-refractivity contribution in [3.63, 3.8) is 0 Å². The molecule has 2 heterocycles. The smallest absolute Gasteiger partial charge is 0.0645 e. The van der Waals surface area contributed by atoms with Gasteiger partial charge in [-0.1, -0.05) is 0 Å². The molecule has 0 aliphatic carbocycles. The third-order valence-corrected chi connectivity index (χ3v) is 4.36. The minimum absolute atomic E-state index is 0.689. The standard InChI is InChI=1S/C13H17IN2O/c14-11-1-3-12(4-2-11)15-5-7-16(8-6-15)13-9-17-10-13/h1-4,13H,5-10H2. The fraction of sp³-hybridized carbons (Fsp3) is 0.538. The Hall–Kier alpha value is -0.330. The fourth-order valence-corrected chi connectivity index (χ4v) is 2.79. The van der Waals surface area contributed by atoms with Gasteiger partial charge in [0.05, 0.1) is 19.3 Å². The van der Waals surface area contributed by atoms with Gasteiger partial charge >= 0.3 is 0 Å². The Morgan fingerprint density at radius 3 is 2.18 bits per heavy atom. The van der Waals surface area contributed by atoms with Crippen LogP contribution in [0.5, 0.6) is 0 Å². The summed E-state index contributed by atoms with van der Waals surface area (Å²) in [6, 6.07) is 9.51. The highest BCUT2D eigenvalue weighted by Crippen LogP contribution is 2.20. The van der Waals surface area contributed by atoms with E-state index < -0.39 is 0 Å². The Balaban J connectivity index is 1.58. The van der Waals surface area contributed by atoms with E-state index in [1.165, 1.54) is 22.3 Å². The van der Waals surface area contributed by atoms with Crippen LogP contribution in [0.25, 0.3) is 0 Å². The van der Waals surface area contributed by atoms with Crippen LogP contribution < -0.4 is 4.90 Å². The first-order valence-electron chi connectivity index (χ1n) is 6.15. The van der Waals surface area contributed by atoms with Crippen molar-refractivity contribution < 1.29 is 4.74 Å². The molecule has 92 valence electrons. The van der Waals surface area contributed by atoms with Crippen LogP contribution >= 0.6 is 22.6 Å². The largest absolute Gasteiger partial charge is 0.378 e. The normalized spacial score (nSPS) is 22.5. The van der Waals surface area contributed by atoms with Crippen molar-refractivity contribution in [1.82, 2.24) is 4.90 Å². The molecule has 0 amide bonds. The van der Waals surface area contributed by atoms with Crippen LogP contribution in [0.2, 0.25) is 0 Å². The Morgan fingerprint density at radius 2 is 1.65 bits per heavy atom. The molecule has 0 atom stereocenters. The summed E-state index contributed by atoms with van der Waals surface area (Å²) in [5.74, 6) is 0. The van der Waals surface area contributed by atoms with Gasteiger partial charge in [0.1, 0.15) is 0 Å². The molecule has 1 aromatic carbocycles. The number of halogens is 1. The molecule has 0 unspecified atom stereocenters. The van der Waals surface area contributed by atoms with Gasteiger partial charge in [-0.15, -0.1) is 0 Å². The molecule has 0 spiro atoms. The van der Waals surface area contributed by atoms with Gasteiger partial charge in [0.2, 0.25) is 0 Å². The molecule has 0 saturated carbocycles. The van der Waals surface area contributed by atoms with Crippen molar-refractivity contribution in [3.05, 3.63) is 27.8 Å². The molecule has 2 fully saturated rings. The third-order valence-electron chi connectivity index (χ3n) is 3.64. The van der Waals surface area contributed by atoms with Crippen molar-refractivity contribution in [2.45, 2.75) is 6.04 Å². The third kappa shape index (κ3) is 2.58. The zero-order valence-electron chi connectivity index (χ0n) is 9.81. The van der Waals surface area contributed by atoms with Gasteiger partial charge in [0.25, 0.3) is 0 Å². The SMILES string of the molecule is Ic1ccc(N2CCN(C3COC3)CC2)cc1. The Morgan fingerprint density at radius 1 is 1.00 bits per heavy atom. The van der Waals surface area contributed by atoms with Gasteiger partial charge in [0.15, 0.2) is 0 Å². The summed E-state index contributed by atoms with van der Waals surface area (Å²) in [6.07, 6.45) is 0. The average molecular weight is 344 g/mol. The molecule has 0 N–H and O–H groups in total. The number of anilines is 1. The quantitative estimate of drug-likeness (QED) is 0.762. The topological polar surface area (TPSA) is 15.7 Å². The second-order valence-corrected chi connectivity index (χ2v) is 5.94. The summed E-state index contributed by atoms with van der Waals surface area (Å²) in [7, 11) is 0. The van der Waals surface area contributed by atoms with Crippen molar-refractivity contribution in [2.75, 3.05) is 44.3 Å². The summed E-state index contributed by atoms with van der Waals surface area (Å²) >= 11 is 2.35. The van der Waals surface area contributed by atoms with Crippen LogP contribution in [0.3, 0.4) is 0 Å². The number of piperazine rings is 1. The van der Waals surface area contributed by atoms with Gasteiger partial charge in [0, 0.05) is 35.4 Å². The highest BCUT2D eigenvalue weighted by atomic mass is 127. The van der Waals surface area contributed by atoms with Crippen molar-refractivity contribution in [2.24, 2.45) is 0 Å². The van der Waals surface area contributed by atoms with E-state index in [0.717, 1.165) is 26.3 Å². The molecule has 4 heteroatoms. The maximum atomic E-state index is 5.26. The van der Waals surface area contributed by atoms with E-state index in [-0.39, 0.29) is 0 Å². The molecule has 3 nitrogen and oxygen atoms in total. The van der Waals surface area contributed by atoms with E-state index in [2.05, 4.69) is 56.7 Å². The summed E-state index contributed by atoms with van der Waals surface area (Å²) < 4.78 is 6.56. The van der Waals surface area contributed by atoms with Crippen LogP contribution in [0.4, 0.5) is 5.69 Å². The maximum Gasteiger partial charge on any atom is 0.0645 e. The minimum Gasteiger partial charge on any atom is -0.378 e. The molecule has 0 bridgehead atoms. The Bertz CT molecular complexity index is 370. The maximum absolute atomic E-state index is 5.26. The number of hydrogen-bond donors (Lipinski definition) is 0. The van der Waals surface area contributed by atoms with Gasteiger partial charge in [-0.3, -0.25) is 4.90 Å². The lowest BCUT2D eigenvalue weighted by Gasteiger charge is -2.43. The average Bonchev–Trinajstić information content (AvgIpc) is 2.29. The van der Waals surface area contributed by atoms with Gasteiger partial charge < -0.3 is 9.64 Å². The lowest BCUT2D eigenvalue weighted by Crippen LogP contribution is -2.56. The first kappa shape index (κ1) is 11.7. The van der Waals surface area contributed by atoms with Crippen molar-refractivity contribution in [1.29, 1.82) is 0 Å². The monoisotopic (exact) mass is 344 g/mol. The lowest BCUT2D eigenvalue weighted by molar-refractivity contribution is -0.0660. The van der Waals surface area contributed by atoms with Crippen LogP contribution in [0.1, 0.15) is 0 Å². The molecule has 0 radical (unpaired) electrons. The lowest BCUT2D eigenvalue weighted by atomic mass is 10.1.